The standard InChI is InChI=1S/C16H31N3O2/c1-4-6-15(20)18-14-8-11-19(12-9-14)16(21)7-5-10-17-13(2)3/h13-14,17H,4-12H2,1-3H3,(H,18,20). The minimum absolute atomic E-state index is 0.141. The van der Waals surface area contributed by atoms with E-state index in [0.717, 1.165) is 45.3 Å². The molecule has 0 spiro atoms. The lowest BCUT2D eigenvalue weighted by atomic mass is 10.0. The van der Waals surface area contributed by atoms with Crippen LogP contribution in [0.25, 0.3) is 0 Å². The Kier molecular flexibility index (Phi) is 8.35. The average Bonchev–Trinajstić information content (AvgIpc) is 2.44. The summed E-state index contributed by atoms with van der Waals surface area (Å²) in [6.45, 7) is 8.67. The molecule has 2 N–H and O–H groups in total. The first-order valence-corrected chi connectivity index (χ1v) is 8.33. The first kappa shape index (κ1) is 18.0. The van der Waals surface area contributed by atoms with Gasteiger partial charge >= 0.3 is 0 Å². The predicted molar refractivity (Wildman–Crippen MR) is 85.0 cm³/mol. The first-order chi connectivity index (χ1) is 10.0. The molecular formula is C16H31N3O2. The third kappa shape index (κ3) is 7.46. The van der Waals surface area contributed by atoms with E-state index in [0.29, 0.717) is 18.9 Å². The first-order valence-electron chi connectivity index (χ1n) is 8.33. The highest BCUT2D eigenvalue weighted by atomic mass is 16.2. The summed E-state index contributed by atoms with van der Waals surface area (Å²) >= 11 is 0. The number of nitrogens with zero attached hydrogens (tertiary/aromatic N) is 1. The Morgan fingerprint density at radius 1 is 1.19 bits per heavy atom. The molecule has 1 fully saturated rings. The highest BCUT2D eigenvalue weighted by Gasteiger charge is 2.23. The zero-order chi connectivity index (χ0) is 15.7. The number of likely N-dealkylation sites (tertiary alicyclic amines) is 1. The number of hydrogen-bond donors (Lipinski definition) is 2. The summed E-state index contributed by atoms with van der Waals surface area (Å²) in [5.74, 6) is 0.390. The van der Waals surface area contributed by atoms with Crippen LogP contribution < -0.4 is 10.6 Å². The molecule has 1 rings (SSSR count). The Morgan fingerprint density at radius 2 is 1.86 bits per heavy atom. The van der Waals surface area contributed by atoms with Crippen LogP contribution in [0.3, 0.4) is 0 Å². The summed E-state index contributed by atoms with van der Waals surface area (Å²) in [5.41, 5.74) is 0. The van der Waals surface area contributed by atoms with Crippen molar-refractivity contribution in [1.29, 1.82) is 0 Å². The number of piperidine rings is 1. The summed E-state index contributed by atoms with van der Waals surface area (Å²) < 4.78 is 0. The van der Waals surface area contributed by atoms with Crippen molar-refractivity contribution in [2.45, 2.75) is 71.4 Å². The van der Waals surface area contributed by atoms with E-state index in [1.807, 2.05) is 11.8 Å². The fourth-order valence-electron chi connectivity index (χ4n) is 2.59. The zero-order valence-corrected chi connectivity index (χ0v) is 13.8. The van der Waals surface area contributed by atoms with E-state index in [4.69, 9.17) is 0 Å². The minimum Gasteiger partial charge on any atom is -0.353 e. The van der Waals surface area contributed by atoms with E-state index in [9.17, 15) is 9.59 Å². The summed E-state index contributed by atoms with van der Waals surface area (Å²) in [4.78, 5) is 25.6. The van der Waals surface area contributed by atoms with E-state index < -0.39 is 0 Å². The van der Waals surface area contributed by atoms with Crippen molar-refractivity contribution in [3.63, 3.8) is 0 Å². The summed E-state index contributed by atoms with van der Waals surface area (Å²) in [6.07, 6.45) is 4.75. The van der Waals surface area contributed by atoms with E-state index in [1.54, 1.807) is 0 Å². The van der Waals surface area contributed by atoms with Crippen molar-refractivity contribution >= 4 is 11.8 Å². The van der Waals surface area contributed by atoms with Gasteiger partial charge in [-0.05, 0) is 32.2 Å². The molecule has 1 saturated heterocycles. The molecule has 0 saturated carbocycles. The molecule has 5 heteroatoms. The van der Waals surface area contributed by atoms with Crippen molar-refractivity contribution in [2.24, 2.45) is 0 Å². The Balaban J connectivity index is 2.17. The van der Waals surface area contributed by atoms with Gasteiger partial charge in [-0.2, -0.15) is 0 Å². The van der Waals surface area contributed by atoms with Crippen molar-refractivity contribution < 1.29 is 9.59 Å². The molecular weight excluding hydrogens is 266 g/mol. The molecule has 5 nitrogen and oxygen atoms in total. The second kappa shape index (κ2) is 9.77. The van der Waals surface area contributed by atoms with Crippen molar-refractivity contribution in [3.05, 3.63) is 0 Å². The van der Waals surface area contributed by atoms with Crippen LogP contribution in [-0.2, 0) is 9.59 Å². The molecule has 0 aromatic carbocycles. The van der Waals surface area contributed by atoms with Crippen LogP contribution in [0.5, 0.6) is 0 Å². The Labute approximate surface area is 128 Å². The molecule has 21 heavy (non-hydrogen) atoms. The molecule has 1 aliphatic rings. The minimum atomic E-state index is 0.141. The van der Waals surface area contributed by atoms with E-state index in [1.165, 1.54) is 0 Å². The highest BCUT2D eigenvalue weighted by Crippen LogP contribution is 2.12. The van der Waals surface area contributed by atoms with Crippen LogP contribution in [0, 0.1) is 0 Å². The molecule has 0 unspecified atom stereocenters. The van der Waals surface area contributed by atoms with Gasteiger partial charge in [0.1, 0.15) is 0 Å². The maximum Gasteiger partial charge on any atom is 0.222 e. The van der Waals surface area contributed by atoms with Gasteiger partial charge in [-0.1, -0.05) is 20.8 Å². The van der Waals surface area contributed by atoms with Crippen LogP contribution >= 0.6 is 0 Å². The van der Waals surface area contributed by atoms with Crippen LogP contribution in [0.15, 0.2) is 0 Å². The molecule has 0 aliphatic carbocycles. The zero-order valence-electron chi connectivity index (χ0n) is 13.8. The van der Waals surface area contributed by atoms with Crippen LogP contribution in [0.2, 0.25) is 0 Å². The maximum atomic E-state index is 12.1. The number of carbonyl (C=O) groups is 2. The number of rotatable bonds is 8. The largest absolute Gasteiger partial charge is 0.353 e. The lowest BCUT2D eigenvalue weighted by Crippen LogP contribution is -2.46. The van der Waals surface area contributed by atoms with Gasteiger partial charge in [0.05, 0.1) is 0 Å². The lowest BCUT2D eigenvalue weighted by molar-refractivity contribution is -0.132. The Bertz CT molecular complexity index is 323. The van der Waals surface area contributed by atoms with Crippen molar-refractivity contribution in [3.8, 4) is 0 Å². The second-order valence-corrected chi connectivity index (χ2v) is 6.18. The van der Waals surface area contributed by atoms with Crippen LogP contribution in [0.4, 0.5) is 0 Å². The topological polar surface area (TPSA) is 61.4 Å². The van der Waals surface area contributed by atoms with Crippen molar-refractivity contribution in [2.75, 3.05) is 19.6 Å². The predicted octanol–water partition coefficient (Wildman–Crippen LogP) is 1.67. The van der Waals surface area contributed by atoms with Gasteiger partial charge in [-0.3, -0.25) is 9.59 Å². The molecule has 2 amide bonds. The SMILES string of the molecule is CCCC(=O)NC1CCN(C(=O)CCCNC(C)C)CC1. The van der Waals surface area contributed by atoms with Gasteiger partial charge in [0.25, 0.3) is 0 Å². The molecule has 0 aromatic heterocycles. The lowest BCUT2D eigenvalue weighted by Gasteiger charge is -2.32. The molecule has 1 aliphatic heterocycles. The average molecular weight is 297 g/mol. The van der Waals surface area contributed by atoms with Gasteiger partial charge in [0.15, 0.2) is 0 Å². The quantitative estimate of drug-likeness (QED) is 0.670. The second-order valence-electron chi connectivity index (χ2n) is 6.18. The van der Waals surface area contributed by atoms with Crippen LogP contribution in [-0.4, -0.2) is 48.4 Å². The smallest absolute Gasteiger partial charge is 0.222 e. The molecule has 122 valence electrons. The van der Waals surface area contributed by atoms with E-state index in [-0.39, 0.29) is 17.9 Å². The molecule has 0 bridgehead atoms. The van der Waals surface area contributed by atoms with E-state index >= 15 is 0 Å². The Morgan fingerprint density at radius 3 is 2.43 bits per heavy atom. The van der Waals surface area contributed by atoms with Gasteiger partial charge in [-0.15, -0.1) is 0 Å². The normalized spacial score (nSPS) is 16.3. The molecule has 0 atom stereocenters. The third-order valence-corrected chi connectivity index (χ3v) is 3.81. The number of hydrogen-bond acceptors (Lipinski definition) is 3. The van der Waals surface area contributed by atoms with Gasteiger partial charge < -0.3 is 15.5 Å². The Hall–Kier alpha value is -1.10. The molecule has 0 aromatic rings. The molecule has 0 radical (unpaired) electrons. The summed E-state index contributed by atoms with van der Waals surface area (Å²) in [6, 6.07) is 0.721. The summed E-state index contributed by atoms with van der Waals surface area (Å²) in [7, 11) is 0. The monoisotopic (exact) mass is 297 g/mol. The number of carbonyl (C=O) groups excluding carboxylic acids is 2. The molecule has 1 heterocycles. The van der Waals surface area contributed by atoms with Gasteiger partial charge in [0, 0.05) is 38.0 Å². The maximum absolute atomic E-state index is 12.1. The fraction of sp³-hybridized carbons (Fsp3) is 0.875. The highest BCUT2D eigenvalue weighted by molar-refractivity contribution is 5.77. The summed E-state index contributed by atoms with van der Waals surface area (Å²) in [5, 5.41) is 6.38. The van der Waals surface area contributed by atoms with Crippen molar-refractivity contribution in [1.82, 2.24) is 15.5 Å². The third-order valence-electron chi connectivity index (χ3n) is 3.81. The van der Waals surface area contributed by atoms with Crippen LogP contribution in [0.1, 0.15) is 59.3 Å². The fourth-order valence-corrected chi connectivity index (χ4v) is 2.59. The number of amides is 2. The van der Waals surface area contributed by atoms with E-state index in [2.05, 4.69) is 24.5 Å². The van der Waals surface area contributed by atoms with Gasteiger partial charge in [-0.25, -0.2) is 0 Å². The van der Waals surface area contributed by atoms with Gasteiger partial charge in [0.2, 0.25) is 11.8 Å². The number of nitrogens with one attached hydrogen (secondary N) is 2.